The number of aromatic nitrogens is 4. The summed E-state index contributed by atoms with van der Waals surface area (Å²) in [5, 5.41) is 22.0. The molecule has 2 heterocycles. The van der Waals surface area contributed by atoms with Gasteiger partial charge < -0.3 is 16.2 Å². The summed E-state index contributed by atoms with van der Waals surface area (Å²) in [5.41, 5.74) is 6.34. The van der Waals surface area contributed by atoms with E-state index in [1.54, 1.807) is 6.20 Å². The van der Waals surface area contributed by atoms with Gasteiger partial charge in [-0.1, -0.05) is 11.6 Å². The molecule has 8 nitrogen and oxygen atoms in total. The van der Waals surface area contributed by atoms with Crippen LogP contribution in [0.15, 0.2) is 17.2 Å². The number of aliphatic hydroxyl groups is 1. The van der Waals surface area contributed by atoms with Crippen molar-refractivity contribution in [2.24, 2.45) is 0 Å². The van der Waals surface area contributed by atoms with E-state index in [0.717, 1.165) is 10.2 Å². The highest BCUT2D eigenvalue weighted by atomic mass is 35.5. The van der Waals surface area contributed by atoms with Crippen LogP contribution in [-0.4, -0.2) is 31.7 Å². The van der Waals surface area contributed by atoms with Gasteiger partial charge in [-0.2, -0.15) is 10.2 Å². The summed E-state index contributed by atoms with van der Waals surface area (Å²) in [7, 11) is 0. The second-order valence-electron chi connectivity index (χ2n) is 3.79. The van der Waals surface area contributed by atoms with E-state index in [0.29, 0.717) is 18.1 Å². The minimum atomic E-state index is -0.458. The Balaban J connectivity index is 2.16. The number of aliphatic hydroxyl groups excluding tert-OH is 1. The van der Waals surface area contributed by atoms with E-state index in [1.807, 2.05) is 0 Å². The van der Waals surface area contributed by atoms with Crippen molar-refractivity contribution in [3.8, 4) is 0 Å². The molecule has 0 saturated heterocycles. The van der Waals surface area contributed by atoms with E-state index in [9.17, 15) is 4.79 Å². The number of nitrogens with one attached hydrogen (secondary N) is 2. The maximum atomic E-state index is 11.8. The van der Waals surface area contributed by atoms with Gasteiger partial charge in [0, 0.05) is 12.1 Å². The SMILES string of the molecule is Nc1[nH]ncc1CNc1cnn(CCO)c(=O)c1Cl. The van der Waals surface area contributed by atoms with E-state index < -0.39 is 5.56 Å². The zero-order valence-corrected chi connectivity index (χ0v) is 10.7. The van der Waals surface area contributed by atoms with Gasteiger partial charge in [-0.15, -0.1) is 0 Å². The Kier molecular flexibility index (Phi) is 4.03. The number of aromatic amines is 1. The van der Waals surface area contributed by atoms with Crippen molar-refractivity contribution in [1.29, 1.82) is 0 Å². The molecule has 5 N–H and O–H groups in total. The number of anilines is 2. The van der Waals surface area contributed by atoms with Crippen LogP contribution in [0.4, 0.5) is 11.5 Å². The number of nitrogen functional groups attached to an aromatic ring is 1. The van der Waals surface area contributed by atoms with Gasteiger partial charge in [0.25, 0.3) is 5.56 Å². The summed E-state index contributed by atoms with van der Waals surface area (Å²) in [6.45, 7) is 0.294. The summed E-state index contributed by atoms with van der Waals surface area (Å²) in [4.78, 5) is 11.8. The Labute approximate surface area is 113 Å². The average molecular weight is 285 g/mol. The van der Waals surface area contributed by atoms with E-state index >= 15 is 0 Å². The molecule has 0 unspecified atom stereocenters. The summed E-state index contributed by atoms with van der Waals surface area (Å²) in [6, 6.07) is 0. The minimum Gasteiger partial charge on any atom is -0.394 e. The fourth-order valence-corrected chi connectivity index (χ4v) is 1.71. The van der Waals surface area contributed by atoms with E-state index in [1.165, 1.54) is 6.20 Å². The van der Waals surface area contributed by atoms with Gasteiger partial charge in [-0.05, 0) is 0 Å². The highest BCUT2D eigenvalue weighted by Gasteiger charge is 2.09. The minimum absolute atomic E-state index is 0.0190. The lowest BCUT2D eigenvalue weighted by Crippen LogP contribution is -2.25. The summed E-state index contributed by atoms with van der Waals surface area (Å²) in [6.07, 6.45) is 3.01. The Hall–Kier alpha value is -2.06. The molecule has 0 aliphatic carbocycles. The van der Waals surface area contributed by atoms with Gasteiger partial charge in [0.1, 0.15) is 10.8 Å². The van der Waals surface area contributed by atoms with Crippen molar-refractivity contribution in [3.05, 3.63) is 33.3 Å². The van der Waals surface area contributed by atoms with Gasteiger partial charge in [0.15, 0.2) is 0 Å². The van der Waals surface area contributed by atoms with Crippen molar-refractivity contribution in [2.75, 3.05) is 17.7 Å². The first-order valence-corrected chi connectivity index (χ1v) is 5.89. The van der Waals surface area contributed by atoms with E-state index in [-0.39, 0.29) is 18.2 Å². The number of H-pyrrole nitrogens is 1. The second kappa shape index (κ2) is 5.72. The summed E-state index contributed by atoms with van der Waals surface area (Å²) < 4.78 is 1.10. The molecular weight excluding hydrogens is 272 g/mol. The van der Waals surface area contributed by atoms with Crippen LogP contribution in [0.5, 0.6) is 0 Å². The molecule has 2 aromatic rings. The van der Waals surface area contributed by atoms with Gasteiger partial charge >= 0.3 is 0 Å². The first-order valence-electron chi connectivity index (χ1n) is 5.51. The zero-order valence-electron chi connectivity index (χ0n) is 9.93. The number of rotatable bonds is 5. The molecule has 102 valence electrons. The molecule has 2 rings (SSSR count). The maximum absolute atomic E-state index is 11.8. The number of hydrogen-bond donors (Lipinski definition) is 4. The van der Waals surface area contributed by atoms with Crippen LogP contribution < -0.4 is 16.6 Å². The maximum Gasteiger partial charge on any atom is 0.287 e. The highest BCUT2D eigenvalue weighted by molar-refractivity contribution is 6.32. The molecule has 0 spiro atoms. The first kappa shape index (κ1) is 13.4. The fourth-order valence-electron chi connectivity index (χ4n) is 1.49. The second-order valence-corrected chi connectivity index (χ2v) is 4.16. The standard InChI is InChI=1S/C10H13ClN6O2/c11-8-7(5-15-17(1-2-18)10(8)19)13-3-6-4-14-16-9(6)12/h4-5,13,18H,1-3H2,(H3,12,14,16). The Morgan fingerprint density at radius 2 is 2.32 bits per heavy atom. The van der Waals surface area contributed by atoms with Crippen LogP contribution >= 0.6 is 11.6 Å². The normalized spacial score (nSPS) is 10.6. The molecule has 0 saturated carbocycles. The largest absolute Gasteiger partial charge is 0.394 e. The zero-order chi connectivity index (χ0) is 13.8. The Bertz CT molecular complexity index is 623. The highest BCUT2D eigenvalue weighted by Crippen LogP contribution is 2.17. The third-order valence-corrected chi connectivity index (χ3v) is 2.88. The van der Waals surface area contributed by atoms with Crippen LogP contribution in [0.1, 0.15) is 5.56 Å². The topological polar surface area (TPSA) is 122 Å². The summed E-state index contributed by atoms with van der Waals surface area (Å²) >= 11 is 5.94. The van der Waals surface area contributed by atoms with Crippen molar-refractivity contribution in [1.82, 2.24) is 20.0 Å². The van der Waals surface area contributed by atoms with Gasteiger partial charge in [-0.3, -0.25) is 9.89 Å². The molecule has 2 aromatic heterocycles. The third kappa shape index (κ3) is 2.85. The lowest BCUT2D eigenvalue weighted by atomic mass is 10.3. The molecule has 0 radical (unpaired) electrons. The monoisotopic (exact) mass is 284 g/mol. The van der Waals surface area contributed by atoms with Crippen molar-refractivity contribution in [3.63, 3.8) is 0 Å². The van der Waals surface area contributed by atoms with E-state index in [4.69, 9.17) is 22.4 Å². The quantitative estimate of drug-likeness (QED) is 0.603. The van der Waals surface area contributed by atoms with Crippen LogP contribution in [0.25, 0.3) is 0 Å². The predicted molar refractivity (Wildman–Crippen MR) is 70.9 cm³/mol. The molecule has 0 aromatic carbocycles. The van der Waals surface area contributed by atoms with Crippen LogP contribution in [0.2, 0.25) is 5.02 Å². The van der Waals surface area contributed by atoms with Crippen molar-refractivity contribution >= 4 is 23.1 Å². The smallest absolute Gasteiger partial charge is 0.287 e. The third-order valence-electron chi connectivity index (χ3n) is 2.52. The molecule has 9 heteroatoms. The Morgan fingerprint density at radius 3 is 2.95 bits per heavy atom. The molecular formula is C10H13ClN6O2. The van der Waals surface area contributed by atoms with Gasteiger partial charge in [-0.25, -0.2) is 4.68 Å². The molecule has 0 bridgehead atoms. The van der Waals surface area contributed by atoms with Crippen LogP contribution in [0.3, 0.4) is 0 Å². The number of hydrogen-bond acceptors (Lipinski definition) is 6. The fraction of sp³-hybridized carbons (Fsp3) is 0.300. The Morgan fingerprint density at radius 1 is 1.53 bits per heavy atom. The van der Waals surface area contributed by atoms with Crippen molar-refractivity contribution in [2.45, 2.75) is 13.1 Å². The number of nitrogens with two attached hydrogens (primary N) is 1. The van der Waals surface area contributed by atoms with Gasteiger partial charge in [0.2, 0.25) is 0 Å². The molecule has 0 fully saturated rings. The molecule has 0 aliphatic rings. The number of halogens is 1. The molecule has 0 aliphatic heterocycles. The van der Waals surface area contributed by atoms with Crippen molar-refractivity contribution < 1.29 is 5.11 Å². The van der Waals surface area contributed by atoms with E-state index in [2.05, 4.69) is 20.6 Å². The molecule has 0 amide bonds. The van der Waals surface area contributed by atoms with Gasteiger partial charge in [0.05, 0.1) is 31.2 Å². The average Bonchev–Trinajstić information content (AvgIpc) is 2.80. The lowest BCUT2D eigenvalue weighted by molar-refractivity contribution is 0.266. The summed E-state index contributed by atoms with van der Waals surface area (Å²) in [5.74, 6) is 0.449. The number of nitrogens with zero attached hydrogens (tertiary/aromatic N) is 3. The predicted octanol–water partition coefficient (Wildman–Crippen LogP) is -0.194. The molecule has 0 atom stereocenters. The van der Waals surface area contributed by atoms with Crippen LogP contribution in [0, 0.1) is 0 Å². The molecule has 19 heavy (non-hydrogen) atoms. The van der Waals surface area contributed by atoms with Crippen LogP contribution in [-0.2, 0) is 13.1 Å². The first-order chi connectivity index (χ1) is 9.13. The lowest BCUT2D eigenvalue weighted by Gasteiger charge is -2.09.